The Balaban J connectivity index is 2.41. The fraction of sp³-hybridized carbons (Fsp3) is 0.333. The monoisotopic (exact) mass is 242 g/mol. The van der Waals surface area contributed by atoms with Crippen LogP contribution in [0.2, 0.25) is 0 Å². The zero-order valence-corrected chi connectivity index (χ0v) is 8.97. The molecule has 1 N–H and O–H groups in total. The van der Waals surface area contributed by atoms with Crippen molar-refractivity contribution in [2.24, 2.45) is 0 Å². The number of nitrogens with zero attached hydrogens (tertiary/aromatic N) is 1. The Morgan fingerprint density at radius 3 is 3.08 bits per heavy atom. The van der Waals surface area contributed by atoms with Crippen molar-refractivity contribution in [3.05, 3.63) is 28.5 Å². The van der Waals surface area contributed by atoms with Crippen LogP contribution in [-0.4, -0.2) is 17.4 Å². The van der Waals surface area contributed by atoms with Crippen molar-refractivity contribution < 1.29 is 4.79 Å². The molecule has 1 rings (SSSR count). The molecule has 0 spiro atoms. The number of amides is 1. The number of hydrogen-bond acceptors (Lipinski definition) is 2. The van der Waals surface area contributed by atoms with Crippen molar-refractivity contribution in [2.75, 3.05) is 6.54 Å². The molecule has 0 bridgehead atoms. The summed E-state index contributed by atoms with van der Waals surface area (Å²) >= 11 is 3.36. The topological polar surface area (TPSA) is 42.0 Å². The Morgan fingerprint density at radius 1 is 1.69 bits per heavy atom. The molecule has 0 aromatic carbocycles. The quantitative estimate of drug-likeness (QED) is 0.874. The molecule has 0 radical (unpaired) electrons. The summed E-state index contributed by atoms with van der Waals surface area (Å²) in [6, 6.07) is 3.82. The number of carbonyl (C=O) groups excluding carboxylic acids is 1. The van der Waals surface area contributed by atoms with E-state index in [1.165, 1.54) is 6.92 Å². The van der Waals surface area contributed by atoms with Crippen LogP contribution in [0.1, 0.15) is 12.6 Å². The van der Waals surface area contributed by atoms with Gasteiger partial charge in [0.05, 0.1) is 0 Å². The maximum Gasteiger partial charge on any atom is 0.216 e. The predicted octanol–water partition coefficient (Wildman–Crippen LogP) is 1.52. The van der Waals surface area contributed by atoms with Crippen LogP contribution in [0.4, 0.5) is 0 Å². The third-order valence-corrected chi connectivity index (χ3v) is 2.03. The second-order valence-electron chi connectivity index (χ2n) is 2.70. The molecule has 0 saturated heterocycles. The zero-order chi connectivity index (χ0) is 9.68. The van der Waals surface area contributed by atoms with Gasteiger partial charge >= 0.3 is 0 Å². The lowest BCUT2D eigenvalue weighted by molar-refractivity contribution is -0.118. The van der Waals surface area contributed by atoms with Gasteiger partial charge < -0.3 is 5.32 Å². The van der Waals surface area contributed by atoms with Crippen LogP contribution in [0.3, 0.4) is 0 Å². The summed E-state index contributed by atoms with van der Waals surface area (Å²) in [5.74, 6) is -0.00463. The predicted molar refractivity (Wildman–Crippen MR) is 54.3 cm³/mol. The lowest BCUT2D eigenvalue weighted by Gasteiger charge is -2.01. The van der Waals surface area contributed by atoms with Gasteiger partial charge in [-0.05, 0) is 12.1 Å². The molecule has 1 heterocycles. The first-order valence-electron chi connectivity index (χ1n) is 4.03. The summed E-state index contributed by atoms with van der Waals surface area (Å²) < 4.78 is 1.01. The van der Waals surface area contributed by atoms with Crippen LogP contribution in [0.15, 0.2) is 22.8 Å². The standard InChI is InChI=1S/C9H11BrN2O/c1-7(13)11-5-3-9-6-8(10)2-4-12-9/h2,4,6H,3,5H2,1H3,(H,11,13). The van der Waals surface area contributed by atoms with Crippen LogP contribution in [0.25, 0.3) is 0 Å². The van der Waals surface area contributed by atoms with E-state index in [0.29, 0.717) is 6.54 Å². The molecule has 0 aliphatic carbocycles. The smallest absolute Gasteiger partial charge is 0.216 e. The first-order valence-corrected chi connectivity index (χ1v) is 4.82. The average Bonchev–Trinajstić information content (AvgIpc) is 2.03. The highest BCUT2D eigenvalue weighted by Crippen LogP contribution is 2.08. The number of aromatic nitrogens is 1. The highest BCUT2D eigenvalue weighted by Gasteiger charge is 1.96. The molecule has 70 valence electrons. The third kappa shape index (κ3) is 4.03. The summed E-state index contributed by atoms with van der Waals surface area (Å²) in [6.45, 7) is 2.15. The number of rotatable bonds is 3. The van der Waals surface area contributed by atoms with E-state index < -0.39 is 0 Å². The summed E-state index contributed by atoms with van der Waals surface area (Å²) in [7, 11) is 0. The molecular formula is C9H11BrN2O. The van der Waals surface area contributed by atoms with E-state index in [9.17, 15) is 4.79 Å². The summed E-state index contributed by atoms with van der Waals surface area (Å²) in [5, 5.41) is 2.72. The second-order valence-corrected chi connectivity index (χ2v) is 3.61. The van der Waals surface area contributed by atoms with E-state index in [2.05, 4.69) is 26.2 Å². The highest BCUT2D eigenvalue weighted by molar-refractivity contribution is 9.10. The first-order chi connectivity index (χ1) is 6.18. The minimum Gasteiger partial charge on any atom is -0.356 e. The minimum absolute atomic E-state index is 0.00463. The fourth-order valence-corrected chi connectivity index (χ4v) is 1.33. The van der Waals surface area contributed by atoms with Crippen LogP contribution < -0.4 is 5.32 Å². The van der Waals surface area contributed by atoms with Gasteiger partial charge in [0.2, 0.25) is 5.91 Å². The maximum absolute atomic E-state index is 10.6. The third-order valence-electron chi connectivity index (χ3n) is 1.53. The molecule has 1 aromatic heterocycles. The summed E-state index contributed by atoms with van der Waals surface area (Å²) in [5.41, 5.74) is 0.975. The van der Waals surface area contributed by atoms with Gasteiger partial charge in [0, 0.05) is 36.3 Å². The van der Waals surface area contributed by atoms with Crippen molar-refractivity contribution in [2.45, 2.75) is 13.3 Å². The molecule has 4 heteroatoms. The van der Waals surface area contributed by atoms with Gasteiger partial charge in [-0.15, -0.1) is 0 Å². The second kappa shape index (κ2) is 4.97. The van der Waals surface area contributed by atoms with Crippen molar-refractivity contribution >= 4 is 21.8 Å². The minimum atomic E-state index is -0.00463. The molecular weight excluding hydrogens is 232 g/mol. The lowest BCUT2D eigenvalue weighted by Crippen LogP contribution is -2.22. The number of hydrogen-bond donors (Lipinski definition) is 1. The van der Waals surface area contributed by atoms with Crippen LogP contribution in [-0.2, 0) is 11.2 Å². The summed E-state index contributed by atoms with van der Waals surface area (Å²) in [6.07, 6.45) is 2.51. The molecule has 0 atom stereocenters. The van der Waals surface area contributed by atoms with Gasteiger partial charge in [0.1, 0.15) is 0 Å². The van der Waals surface area contributed by atoms with Gasteiger partial charge in [-0.3, -0.25) is 9.78 Å². The number of carbonyl (C=O) groups is 1. The Morgan fingerprint density at radius 2 is 2.46 bits per heavy atom. The van der Waals surface area contributed by atoms with E-state index in [1.807, 2.05) is 12.1 Å². The first kappa shape index (κ1) is 10.2. The van der Waals surface area contributed by atoms with Gasteiger partial charge in [0.25, 0.3) is 0 Å². The Kier molecular flexibility index (Phi) is 3.89. The number of nitrogens with one attached hydrogen (secondary N) is 1. The van der Waals surface area contributed by atoms with Crippen LogP contribution in [0.5, 0.6) is 0 Å². The lowest BCUT2D eigenvalue weighted by atomic mass is 10.3. The van der Waals surface area contributed by atoms with E-state index in [0.717, 1.165) is 16.6 Å². The maximum atomic E-state index is 10.6. The largest absolute Gasteiger partial charge is 0.356 e. The molecule has 0 unspecified atom stereocenters. The zero-order valence-electron chi connectivity index (χ0n) is 7.38. The molecule has 13 heavy (non-hydrogen) atoms. The Labute approximate surface area is 85.7 Å². The van der Waals surface area contributed by atoms with E-state index in [4.69, 9.17) is 0 Å². The van der Waals surface area contributed by atoms with E-state index in [1.54, 1.807) is 6.20 Å². The van der Waals surface area contributed by atoms with Gasteiger partial charge in [0.15, 0.2) is 0 Å². The Bertz CT molecular complexity index is 301. The Hall–Kier alpha value is -0.900. The van der Waals surface area contributed by atoms with Crippen molar-refractivity contribution in [1.29, 1.82) is 0 Å². The van der Waals surface area contributed by atoms with E-state index >= 15 is 0 Å². The van der Waals surface area contributed by atoms with Gasteiger partial charge in [-0.2, -0.15) is 0 Å². The SMILES string of the molecule is CC(=O)NCCc1cc(Br)ccn1. The van der Waals surface area contributed by atoms with Crippen LogP contribution in [0, 0.1) is 0 Å². The highest BCUT2D eigenvalue weighted by atomic mass is 79.9. The summed E-state index contributed by atoms with van der Waals surface area (Å²) in [4.78, 5) is 14.7. The fourth-order valence-electron chi connectivity index (χ4n) is 0.952. The van der Waals surface area contributed by atoms with Gasteiger partial charge in [-0.1, -0.05) is 15.9 Å². The normalized spacial score (nSPS) is 9.69. The number of halogens is 1. The van der Waals surface area contributed by atoms with Crippen molar-refractivity contribution in [3.8, 4) is 0 Å². The van der Waals surface area contributed by atoms with Crippen LogP contribution >= 0.6 is 15.9 Å². The van der Waals surface area contributed by atoms with E-state index in [-0.39, 0.29) is 5.91 Å². The molecule has 1 aromatic rings. The van der Waals surface area contributed by atoms with Crippen molar-refractivity contribution in [3.63, 3.8) is 0 Å². The van der Waals surface area contributed by atoms with Crippen molar-refractivity contribution in [1.82, 2.24) is 10.3 Å². The number of pyridine rings is 1. The molecule has 1 amide bonds. The average molecular weight is 243 g/mol. The molecule has 0 aliphatic rings. The molecule has 0 saturated carbocycles. The molecule has 0 aliphatic heterocycles. The van der Waals surface area contributed by atoms with Gasteiger partial charge in [-0.25, -0.2) is 0 Å². The molecule has 3 nitrogen and oxygen atoms in total. The molecule has 0 fully saturated rings.